The highest BCUT2D eigenvalue weighted by molar-refractivity contribution is 6.30. The number of hydrogen-bond acceptors (Lipinski definition) is 8. The zero-order chi connectivity index (χ0) is 34.2. The van der Waals surface area contributed by atoms with Crippen molar-refractivity contribution in [2.75, 3.05) is 41.5 Å². The van der Waals surface area contributed by atoms with Gasteiger partial charge in [0.05, 0.1) is 58.1 Å². The Bertz CT molecular complexity index is 1600. The van der Waals surface area contributed by atoms with Crippen LogP contribution in [0.3, 0.4) is 0 Å². The Balaban J connectivity index is 1.69. The average Bonchev–Trinajstić information content (AvgIpc) is 3.19. The summed E-state index contributed by atoms with van der Waals surface area (Å²) >= 11 is 6.30. The first kappa shape index (κ1) is 34.9. The minimum absolute atomic E-state index is 0.0224. The number of hydrogen-bond donors (Lipinski definition) is 2. The number of carbonyl (C=O) groups excluding carboxylic acids is 3. The molecule has 0 radical (unpaired) electrons. The molecule has 3 aromatic carbocycles. The van der Waals surface area contributed by atoms with Gasteiger partial charge in [0.2, 0.25) is 11.8 Å². The number of halogens is 1. The number of methoxy groups -OCH3 is 4. The molecule has 2 N–H and O–H groups in total. The summed E-state index contributed by atoms with van der Waals surface area (Å²) < 4.78 is 22.1. The fourth-order valence-electron chi connectivity index (χ4n) is 5.56. The lowest BCUT2D eigenvalue weighted by molar-refractivity contribution is -0.135. The Hall–Kier alpha value is -4.97. The molecule has 0 saturated carbocycles. The third-order valence-electron chi connectivity index (χ3n) is 8.09. The lowest BCUT2D eigenvalue weighted by atomic mass is 9.96. The quantitative estimate of drug-likeness (QED) is 0.274. The fraction of sp³-hybridized carbons (Fsp3) is 0.353. The summed E-state index contributed by atoms with van der Waals surface area (Å²) in [6, 6.07) is 13.2. The smallest absolute Gasteiger partial charge is 0.335 e. The highest BCUT2D eigenvalue weighted by Crippen LogP contribution is 2.36. The Morgan fingerprint density at radius 3 is 2.13 bits per heavy atom. The van der Waals surface area contributed by atoms with Gasteiger partial charge in [0, 0.05) is 23.7 Å². The second kappa shape index (κ2) is 15.5. The van der Waals surface area contributed by atoms with E-state index in [0.717, 1.165) is 4.90 Å². The molecule has 250 valence electrons. The Labute approximate surface area is 278 Å². The topological polar surface area (TPSA) is 144 Å². The fourth-order valence-corrected chi connectivity index (χ4v) is 5.75. The number of benzene rings is 3. The van der Waals surface area contributed by atoms with Gasteiger partial charge in [-0.15, -0.1) is 0 Å². The number of amides is 4. The van der Waals surface area contributed by atoms with Gasteiger partial charge in [-0.2, -0.15) is 0 Å². The first-order valence-electron chi connectivity index (χ1n) is 14.9. The zero-order valence-corrected chi connectivity index (χ0v) is 27.6. The Kier molecular flexibility index (Phi) is 11.5. The van der Waals surface area contributed by atoms with Crippen LogP contribution in [0.25, 0.3) is 0 Å². The summed E-state index contributed by atoms with van der Waals surface area (Å²) in [5, 5.41) is 12.6. The van der Waals surface area contributed by atoms with E-state index >= 15 is 0 Å². The van der Waals surface area contributed by atoms with Gasteiger partial charge in [-0.05, 0) is 54.3 Å². The molecule has 1 aliphatic heterocycles. The van der Waals surface area contributed by atoms with Crippen molar-refractivity contribution in [1.29, 1.82) is 0 Å². The van der Waals surface area contributed by atoms with Crippen molar-refractivity contribution in [2.45, 2.75) is 32.4 Å². The number of carboxylic acids is 1. The summed E-state index contributed by atoms with van der Waals surface area (Å²) in [5.74, 6) is -1.09. The number of carbonyl (C=O) groups is 4. The third kappa shape index (κ3) is 8.07. The van der Waals surface area contributed by atoms with Crippen molar-refractivity contribution in [3.8, 4) is 23.0 Å². The summed E-state index contributed by atoms with van der Waals surface area (Å²) in [6.45, 7) is 1.33. The van der Waals surface area contributed by atoms with Crippen LogP contribution in [0.1, 0.15) is 46.4 Å². The molecule has 1 fully saturated rings. The number of urea groups is 1. The Morgan fingerprint density at radius 1 is 0.936 bits per heavy atom. The molecule has 0 aromatic heterocycles. The predicted octanol–water partition coefficient (Wildman–Crippen LogP) is 4.96. The molecular weight excluding hydrogens is 630 g/mol. The van der Waals surface area contributed by atoms with Crippen molar-refractivity contribution >= 4 is 35.4 Å². The normalized spacial score (nSPS) is 15.5. The predicted molar refractivity (Wildman–Crippen MR) is 173 cm³/mol. The molecule has 12 nitrogen and oxygen atoms in total. The lowest BCUT2D eigenvalue weighted by Crippen LogP contribution is -2.48. The number of nitrogens with one attached hydrogen (secondary N) is 1. The van der Waals surface area contributed by atoms with Crippen LogP contribution in [0.4, 0.5) is 4.79 Å². The van der Waals surface area contributed by atoms with E-state index in [1.54, 1.807) is 42.5 Å². The monoisotopic (exact) mass is 667 g/mol. The van der Waals surface area contributed by atoms with E-state index < -0.39 is 42.3 Å². The molecule has 1 aliphatic rings. The minimum atomic E-state index is -1.07. The number of imide groups is 1. The summed E-state index contributed by atoms with van der Waals surface area (Å²) in [6.07, 6.45) is 0.571. The molecular formula is C34H38ClN3O9. The van der Waals surface area contributed by atoms with Crippen LogP contribution >= 0.6 is 11.6 Å². The average molecular weight is 668 g/mol. The largest absolute Gasteiger partial charge is 0.496 e. The Morgan fingerprint density at radius 2 is 1.57 bits per heavy atom. The number of nitrogens with zero attached hydrogens (tertiary/aromatic N) is 2. The van der Waals surface area contributed by atoms with E-state index in [4.69, 9.17) is 30.5 Å². The molecule has 1 saturated heterocycles. The van der Waals surface area contributed by atoms with Crippen LogP contribution in [-0.4, -0.2) is 80.2 Å². The van der Waals surface area contributed by atoms with Crippen LogP contribution in [-0.2, 0) is 22.6 Å². The first-order valence-corrected chi connectivity index (χ1v) is 15.2. The second-order valence-electron chi connectivity index (χ2n) is 10.9. The highest BCUT2D eigenvalue weighted by Gasteiger charge is 2.39. The number of ether oxygens (including phenoxy) is 4. The van der Waals surface area contributed by atoms with Gasteiger partial charge in [-0.3, -0.25) is 14.5 Å². The van der Waals surface area contributed by atoms with Gasteiger partial charge >= 0.3 is 12.0 Å². The summed E-state index contributed by atoms with van der Waals surface area (Å²) in [7, 11) is 6.00. The third-order valence-corrected chi connectivity index (χ3v) is 8.32. The van der Waals surface area contributed by atoms with Crippen LogP contribution in [0.15, 0.2) is 54.6 Å². The minimum Gasteiger partial charge on any atom is -0.496 e. The lowest BCUT2D eigenvalue weighted by Gasteiger charge is -2.26. The molecule has 0 spiro atoms. The van der Waals surface area contributed by atoms with E-state index in [2.05, 4.69) is 5.32 Å². The molecule has 47 heavy (non-hydrogen) atoms. The molecule has 3 aromatic rings. The second-order valence-corrected chi connectivity index (χ2v) is 11.3. The molecule has 4 amide bonds. The maximum Gasteiger partial charge on any atom is 0.335 e. The van der Waals surface area contributed by atoms with Crippen molar-refractivity contribution in [2.24, 2.45) is 5.92 Å². The zero-order valence-electron chi connectivity index (χ0n) is 26.9. The molecule has 13 heteroatoms. The van der Waals surface area contributed by atoms with Crippen LogP contribution < -0.4 is 24.3 Å². The molecule has 0 unspecified atom stereocenters. The van der Waals surface area contributed by atoms with E-state index in [-0.39, 0.29) is 25.1 Å². The van der Waals surface area contributed by atoms with E-state index in [0.29, 0.717) is 51.1 Å². The van der Waals surface area contributed by atoms with Crippen LogP contribution in [0.5, 0.6) is 23.0 Å². The molecule has 1 heterocycles. The summed E-state index contributed by atoms with van der Waals surface area (Å²) in [5.41, 5.74) is 1.95. The van der Waals surface area contributed by atoms with E-state index in [9.17, 15) is 24.3 Å². The van der Waals surface area contributed by atoms with Crippen molar-refractivity contribution in [3.63, 3.8) is 0 Å². The number of rotatable bonds is 12. The standard InChI is InChI=1S/C34H38ClN3O9/c1-6-27(20-7-9-21(10-8-20)33(41)42)36-34(43)38-19-31(39)37(18-26-29(46-4)15-25(44-2)16-30(26)47-5)17-23(32(38)40)13-22-14-24(35)11-12-28(22)45-3/h7-12,14-16,23,27H,6,13,17-19H2,1-5H3,(H,36,43)(H,41,42)/t23-,27-/m1/s1. The van der Waals surface area contributed by atoms with Crippen LogP contribution in [0, 0.1) is 5.92 Å². The maximum absolute atomic E-state index is 14.2. The molecule has 2 atom stereocenters. The van der Waals surface area contributed by atoms with Gasteiger partial charge in [-0.25, -0.2) is 9.59 Å². The van der Waals surface area contributed by atoms with Gasteiger partial charge in [0.15, 0.2) is 0 Å². The summed E-state index contributed by atoms with van der Waals surface area (Å²) in [4.78, 5) is 55.5. The first-order chi connectivity index (χ1) is 22.5. The molecule has 4 rings (SSSR count). The van der Waals surface area contributed by atoms with Crippen molar-refractivity contribution < 1.29 is 43.2 Å². The van der Waals surface area contributed by atoms with Gasteiger partial charge in [-0.1, -0.05) is 30.7 Å². The van der Waals surface area contributed by atoms with Crippen molar-refractivity contribution in [1.82, 2.24) is 15.1 Å². The van der Waals surface area contributed by atoms with E-state index in [1.807, 2.05) is 6.92 Å². The number of aromatic carboxylic acids is 1. The van der Waals surface area contributed by atoms with Gasteiger partial charge in [0.25, 0.3) is 0 Å². The number of carboxylic acid groups (broad SMARTS) is 1. The van der Waals surface area contributed by atoms with Gasteiger partial charge in [0.1, 0.15) is 29.5 Å². The van der Waals surface area contributed by atoms with Crippen molar-refractivity contribution in [3.05, 3.63) is 81.9 Å². The maximum atomic E-state index is 14.2. The van der Waals surface area contributed by atoms with E-state index in [1.165, 1.54) is 45.5 Å². The van der Waals surface area contributed by atoms with Gasteiger partial charge < -0.3 is 34.3 Å². The highest BCUT2D eigenvalue weighted by atomic mass is 35.5. The molecule has 0 bridgehead atoms. The SMILES string of the molecule is CC[C@@H](NC(=O)N1CC(=O)N(Cc2c(OC)cc(OC)cc2OC)C[C@@H](Cc2cc(Cl)ccc2OC)C1=O)c1ccc(C(=O)O)cc1. The molecule has 0 aliphatic carbocycles. The van der Waals surface area contributed by atoms with Crippen LogP contribution in [0.2, 0.25) is 5.02 Å².